The molecule has 0 bridgehead atoms. The summed E-state index contributed by atoms with van der Waals surface area (Å²) in [5, 5.41) is 2.86. The van der Waals surface area contributed by atoms with Gasteiger partial charge >= 0.3 is 0 Å². The second kappa shape index (κ2) is 8.71. The summed E-state index contributed by atoms with van der Waals surface area (Å²) in [6.45, 7) is 5.60. The van der Waals surface area contributed by atoms with Gasteiger partial charge in [-0.15, -0.1) is 0 Å². The molecule has 24 heavy (non-hydrogen) atoms. The third-order valence-electron chi connectivity index (χ3n) is 4.24. The lowest BCUT2D eigenvalue weighted by Gasteiger charge is -2.33. The molecule has 0 unspecified atom stereocenters. The average molecular weight is 332 g/mol. The van der Waals surface area contributed by atoms with Crippen molar-refractivity contribution in [3.8, 4) is 5.75 Å². The molecule has 132 valence electrons. The number of carbonyl (C=O) groups excluding carboxylic acids is 2. The van der Waals surface area contributed by atoms with E-state index < -0.39 is 0 Å². The van der Waals surface area contributed by atoms with Gasteiger partial charge in [-0.1, -0.05) is 19.3 Å². The first kappa shape index (κ1) is 18.3. The van der Waals surface area contributed by atoms with Crippen molar-refractivity contribution in [1.29, 1.82) is 0 Å². The van der Waals surface area contributed by atoms with Crippen LogP contribution in [-0.2, 0) is 9.59 Å². The third-order valence-corrected chi connectivity index (χ3v) is 4.24. The first-order valence-corrected chi connectivity index (χ1v) is 8.79. The second-order valence-electron chi connectivity index (χ2n) is 6.68. The average Bonchev–Trinajstić information content (AvgIpc) is 2.54. The van der Waals surface area contributed by atoms with E-state index in [1.807, 2.05) is 38.1 Å². The van der Waals surface area contributed by atoms with Crippen LogP contribution in [0.1, 0.15) is 52.9 Å². The number of hydrogen-bond donors (Lipinski definition) is 1. The van der Waals surface area contributed by atoms with Crippen molar-refractivity contribution >= 4 is 17.5 Å². The van der Waals surface area contributed by atoms with Crippen molar-refractivity contribution in [2.45, 2.75) is 65.0 Å². The SMILES string of the molecule is CC(=O)N(CC(=O)Nc1ccc(OC(C)C)cc1)C1CCCCC1. The van der Waals surface area contributed by atoms with Crippen LogP contribution >= 0.6 is 0 Å². The smallest absolute Gasteiger partial charge is 0.244 e. The number of anilines is 1. The largest absolute Gasteiger partial charge is 0.491 e. The molecule has 0 aromatic heterocycles. The number of rotatable bonds is 6. The van der Waals surface area contributed by atoms with E-state index in [1.54, 1.807) is 11.8 Å². The van der Waals surface area contributed by atoms with E-state index in [4.69, 9.17) is 4.74 Å². The lowest BCUT2D eigenvalue weighted by molar-refractivity contribution is -0.135. The van der Waals surface area contributed by atoms with Crippen LogP contribution in [-0.4, -0.2) is 35.4 Å². The molecule has 0 saturated heterocycles. The topological polar surface area (TPSA) is 58.6 Å². The van der Waals surface area contributed by atoms with Gasteiger partial charge in [0, 0.05) is 18.7 Å². The van der Waals surface area contributed by atoms with E-state index in [-0.39, 0.29) is 30.5 Å². The summed E-state index contributed by atoms with van der Waals surface area (Å²) in [7, 11) is 0. The fourth-order valence-electron chi connectivity index (χ4n) is 3.13. The Morgan fingerprint density at radius 2 is 1.79 bits per heavy atom. The number of benzene rings is 1. The highest BCUT2D eigenvalue weighted by Crippen LogP contribution is 2.23. The molecule has 0 heterocycles. The molecule has 0 atom stereocenters. The van der Waals surface area contributed by atoms with E-state index in [1.165, 1.54) is 6.42 Å². The van der Waals surface area contributed by atoms with Gasteiger partial charge in [0.1, 0.15) is 12.3 Å². The van der Waals surface area contributed by atoms with Gasteiger partial charge in [0.05, 0.1) is 6.10 Å². The van der Waals surface area contributed by atoms with Gasteiger partial charge in [-0.2, -0.15) is 0 Å². The molecule has 1 aliphatic rings. The monoisotopic (exact) mass is 332 g/mol. The molecule has 0 aliphatic heterocycles. The van der Waals surface area contributed by atoms with Crippen LogP contribution in [0.3, 0.4) is 0 Å². The van der Waals surface area contributed by atoms with Gasteiger partial charge < -0.3 is 15.0 Å². The molecule has 1 saturated carbocycles. The van der Waals surface area contributed by atoms with Crippen molar-refractivity contribution < 1.29 is 14.3 Å². The Balaban J connectivity index is 1.91. The zero-order valence-corrected chi connectivity index (χ0v) is 14.9. The van der Waals surface area contributed by atoms with Crippen molar-refractivity contribution in [3.63, 3.8) is 0 Å². The summed E-state index contributed by atoms with van der Waals surface area (Å²) in [6.07, 6.45) is 5.59. The van der Waals surface area contributed by atoms with Crippen molar-refractivity contribution in [2.75, 3.05) is 11.9 Å². The number of nitrogens with one attached hydrogen (secondary N) is 1. The van der Waals surface area contributed by atoms with Crippen LogP contribution in [0.4, 0.5) is 5.69 Å². The number of nitrogens with zero attached hydrogens (tertiary/aromatic N) is 1. The van der Waals surface area contributed by atoms with Gasteiger partial charge in [0.15, 0.2) is 0 Å². The minimum Gasteiger partial charge on any atom is -0.491 e. The zero-order chi connectivity index (χ0) is 17.5. The molecule has 5 heteroatoms. The second-order valence-corrected chi connectivity index (χ2v) is 6.68. The Morgan fingerprint density at radius 1 is 1.17 bits per heavy atom. The molecule has 2 amide bonds. The first-order chi connectivity index (χ1) is 11.5. The van der Waals surface area contributed by atoms with Crippen LogP contribution in [0, 0.1) is 0 Å². The normalized spacial score (nSPS) is 15.2. The Hall–Kier alpha value is -2.04. The zero-order valence-electron chi connectivity index (χ0n) is 14.9. The fourth-order valence-corrected chi connectivity index (χ4v) is 3.13. The molecular weight excluding hydrogens is 304 g/mol. The van der Waals surface area contributed by atoms with Crippen molar-refractivity contribution in [1.82, 2.24) is 4.90 Å². The summed E-state index contributed by atoms with van der Waals surface area (Å²) < 4.78 is 5.58. The molecule has 1 N–H and O–H groups in total. The van der Waals surface area contributed by atoms with Crippen molar-refractivity contribution in [3.05, 3.63) is 24.3 Å². The molecule has 5 nitrogen and oxygen atoms in total. The Morgan fingerprint density at radius 3 is 2.33 bits per heavy atom. The van der Waals surface area contributed by atoms with Gasteiger partial charge in [-0.3, -0.25) is 9.59 Å². The summed E-state index contributed by atoms with van der Waals surface area (Å²) in [5.41, 5.74) is 0.711. The maximum Gasteiger partial charge on any atom is 0.244 e. The molecule has 2 rings (SSSR count). The molecule has 1 aromatic rings. The highest BCUT2D eigenvalue weighted by atomic mass is 16.5. The van der Waals surface area contributed by atoms with Crippen LogP contribution in [0.5, 0.6) is 5.75 Å². The lowest BCUT2D eigenvalue weighted by Crippen LogP contribution is -2.44. The van der Waals surface area contributed by atoms with Crippen LogP contribution in [0.2, 0.25) is 0 Å². The molecule has 0 spiro atoms. The molecule has 0 radical (unpaired) electrons. The third kappa shape index (κ3) is 5.55. The summed E-state index contributed by atoms with van der Waals surface area (Å²) >= 11 is 0. The van der Waals surface area contributed by atoms with Gasteiger partial charge in [-0.05, 0) is 51.0 Å². The fraction of sp³-hybridized carbons (Fsp3) is 0.579. The highest BCUT2D eigenvalue weighted by molar-refractivity contribution is 5.94. The molecule has 1 fully saturated rings. The number of carbonyl (C=O) groups is 2. The van der Waals surface area contributed by atoms with Gasteiger partial charge in [-0.25, -0.2) is 0 Å². The Bertz CT molecular complexity index is 548. The van der Waals surface area contributed by atoms with Crippen LogP contribution in [0.25, 0.3) is 0 Å². The van der Waals surface area contributed by atoms with E-state index in [0.29, 0.717) is 5.69 Å². The quantitative estimate of drug-likeness (QED) is 0.866. The standard InChI is InChI=1S/C19H28N2O3/c1-14(2)24-18-11-9-16(10-12-18)20-19(23)13-21(15(3)22)17-7-5-4-6-8-17/h9-12,14,17H,4-8,13H2,1-3H3,(H,20,23). The number of hydrogen-bond acceptors (Lipinski definition) is 3. The van der Waals surface area contributed by atoms with E-state index in [0.717, 1.165) is 31.4 Å². The predicted molar refractivity (Wildman–Crippen MR) is 95.1 cm³/mol. The maximum absolute atomic E-state index is 12.3. The number of ether oxygens (including phenoxy) is 1. The van der Waals surface area contributed by atoms with Gasteiger partial charge in [0.25, 0.3) is 0 Å². The Labute approximate surface area is 144 Å². The predicted octanol–water partition coefficient (Wildman–Crippen LogP) is 3.59. The molecule has 1 aliphatic carbocycles. The lowest BCUT2D eigenvalue weighted by atomic mass is 9.94. The Kier molecular flexibility index (Phi) is 6.64. The van der Waals surface area contributed by atoms with E-state index in [9.17, 15) is 9.59 Å². The molecular formula is C19H28N2O3. The summed E-state index contributed by atoms with van der Waals surface area (Å²) in [4.78, 5) is 25.9. The van der Waals surface area contributed by atoms with Gasteiger partial charge in [0.2, 0.25) is 11.8 Å². The minimum absolute atomic E-state index is 0.0299. The van der Waals surface area contributed by atoms with Crippen molar-refractivity contribution in [2.24, 2.45) is 0 Å². The summed E-state index contributed by atoms with van der Waals surface area (Å²) in [5.74, 6) is 0.585. The highest BCUT2D eigenvalue weighted by Gasteiger charge is 2.25. The van der Waals surface area contributed by atoms with E-state index >= 15 is 0 Å². The number of amides is 2. The maximum atomic E-state index is 12.3. The minimum atomic E-state index is -0.159. The van der Waals surface area contributed by atoms with Crippen LogP contribution < -0.4 is 10.1 Å². The van der Waals surface area contributed by atoms with Crippen LogP contribution in [0.15, 0.2) is 24.3 Å². The summed E-state index contributed by atoms with van der Waals surface area (Å²) in [6, 6.07) is 7.49. The molecule has 1 aromatic carbocycles. The van der Waals surface area contributed by atoms with E-state index in [2.05, 4.69) is 5.32 Å². The first-order valence-electron chi connectivity index (χ1n) is 8.79.